The predicted octanol–water partition coefficient (Wildman–Crippen LogP) is 1.31. The second-order valence-electron chi connectivity index (χ2n) is 3.18. The van der Waals surface area contributed by atoms with E-state index in [9.17, 15) is 8.42 Å². The van der Waals surface area contributed by atoms with Crippen LogP contribution in [0.25, 0.3) is 0 Å². The number of nitrogens with two attached hydrogens (primary N) is 1. The number of hydrogen-bond donors (Lipinski definition) is 2. The van der Waals surface area contributed by atoms with E-state index >= 15 is 0 Å². The third-order valence-corrected chi connectivity index (χ3v) is 2.83. The molecular weight excluding hydrogens is 246 g/mol. The molecule has 0 atom stereocenters. The van der Waals surface area contributed by atoms with Crippen LogP contribution in [0.3, 0.4) is 0 Å². The highest BCUT2D eigenvalue weighted by Gasteiger charge is 2.20. The van der Waals surface area contributed by atoms with E-state index in [1.54, 1.807) is 13.8 Å². The second-order valence-corrected chi connectivity index (χ2v) is 4.57. The first-order chi connectivity index (χ1) is 7.90. The first-order valence-corrected chi connectivity index (χ1v) is 6.50. The molecule has 17 heavy (non-hydrogen) atoms. The van der Waals surface area contributed by atoms with Gasteiger partial charge in [0.1, 0.15) is 16.4 Å². The first-order valence-electron chi connectivity index (χ1n) is 5.06. The maximum absolute atomic E-state index is 11.2. The summed E-state index contributed by atoms with van der Waals surface area (Å²) in [4.78, 5) is -0.350. The number of rotatable bonds is 5. The van der Waals surface area contributed by atoms with E-state index in [-0.39, 0.29) is 28.7 Å². The zero-order chi connectivity index (χ0) is 13.1. The Labute approximate surface area is 100 Å². The molecule has 0 aromatic heterocycles. The molecule has 0 aliphatic carbocycles. The Morgan fingerprint density at radius 3 is 2.18 bits per heavy atom. The Morgan fingerprint density at radius 1 is 1.18 bits per heavy atom. The zero-order valence-electron chi connectivity index (χ0n) is 9.63. The van der Waals surface area contributed by atoms with Gasteiger partial charge in [0, 0.05) is 12.1 Å². The van der Waals surface area contributed by atoms with Gasteiger partial charge in [-0.1, -0.05) is 0 Å². The fourth-order valence-electron chi connectivity index (χ4n) is 1.31. The molecule has 0 amide bonds. The minimum absolute atomic E-state index is 0.0101. The highest BCUT2D eigenvalue weighted by molar-refractivity contribution is 7.86. The normalized spacial score (nSPS) is 11.2. The Morgan fingerprint density at radius 2 is 1.71 bits per heavy atom. The summed E-state index contributed by atoms with van der Waals surface area (Å²) in [6.45, 7) is 4.03. The molecule has 96 valence electrons. The van der Waals surface area contributed by atoms with Gasteiger partial charge in [-0.05, 0) is 13.8 Å². The molecule has 1 aromatic rings. The quantitative estimate of drug-likeness (QED) is 0.612. The molecule has 1 rings (SSSR count). The van der Waals surface area contributed by atoms with Crippen molar-refractivity contribution in [2.24, 2.45) is 0 Å². The fraction of sp³-hybridized carbons (Fsp3) is 0.400. The van der Waals surface area contributed by atoms with Gasteiger partial charge in [-0.15, -0.1) is 0 Å². The van der Waals surface area contributed by atoms with Gasteiger partial charge in [-0.2, -0.15) is 8.42 Å². The van der Waals surface area contributed by atoms with Gasteiger partial charge < -0.3 is 15.2 Å². The van der Waals surface area contributed by atoms with Crippen LogP contribution in [-0.2, 0) is 10.1 Å². The molecular formula is C10H15NO5S. The molecule has 0 unspecified atom stereocenters. The standard InChI is InChI=1S/C10H15NO5S/c1-3-15-8-6-10(17(12,13)14)9(16-4-2)5-7(8)11/h5-6H,3-4,11H2,1-2H3,(H,12,13,14). The molecule has 0 aliphatic heterocycles. The Hall–Kier alpha value is -1.47. The van der Waals surface area contributed by atoms with Crippen LogP contribution in [0.1, 0.15) is 13.8 Å². The summed E-state index contributed by atoms with van der Waals surface area (Å²) in [5.41, 5.74) is 5.92. The molecule has 1 aromatic carbocycles. The summed E-state index contributed by atoms with van der Waals surface area (Å²) in [6.07, 6.45) is 0. The average molecular weight is 261 g/mol. The van der Waals surface area contributed by atoms with Gasteiger partial charge in [0.05, 0.1) is 18.9 Å². The molecule has 0 saturated heterocycles. The summed E-state index contributed by atoms with van der Waals surface area (Å²) >= 11 is 0. The van der Waals surface area contributed by atoms with Gasteiger partial charge >= 0.3 is 0 Å². The summed E-state index contributed by atoms with van der Waals surface area (Å²) in [7, 11) is -4.37. The number of anilines is 1. The van der Waals surface area contributed by atoms with Crippen molar-refractivity contribution in [1.82, 2.24) is 0 Å². The van der Waals surface area contributed by atoms with Crippen LogP contribution in [0.15, 0.2) is 17.0 Å². The van der Waals surface area contributed by atoms with E-state index in [4.69, 9.17) is 19.8 Å². The fourth-order valence-corrected chi connectivity index (χ4v) is 1.94. The number of ether oxygens (including phenoxy) is 2. The Kier molecular flexibility index (Phi) is 4.19. The van der Waals surface area contributed by atoms with Gasteiger partial charge in [0.2, 0.25) is 0 Å². The van der Waals surface area contributed by atoms with Crippen molar-refractivity contribution < 1.29 is 22.4 Å². The highest BCUT2D eigenvalue weighted by atomic mass is 32.2. The van der Waals surface area contributed by atoms with Crippen LogP contribution >= 0.6 is 0 Å². The highest BCUT2D eigenvalue weighted by Crippen LogP contribution is 2.33. The van der Waals surface area contributed by atoms with Crippen LogP contribution in [0, 0.1) is 0 Å². The number of hydrogen-bond acceptors (Lipinski definition) is 5. The van der Waals surface area contributed by atoms with Crippen molar-refractivity contribution in [3.63, 3.8) is 0 Å². The maximum Gasteiger partial charge on any atom is 0.298 e. The van der Waals surface area contributed by atoms with E-state index in [1.165, 1.54) is 6.07 Å². The average Bonchev–Trinajstić information content (AvgIpc) is 2.20. The second kappa shape index (κ2) is 5.24. The van der Waals surface area contributed by atoms with Gasteiger partial charge in [0.25, 0.3) is 10.1 Å². The topological polar surface area (TPSA) is 98.9 Å². The third kappa shape index (κ3) is 3.24. The largest absolute Gasteiger partial charge is 0.492 e. The molecule has 0 heterocycles. The van der Waals surface area contributed by atoms with Gasteiger partial charge in [0.15, 0.2) is 0 Å². The smallest absolute Gasteiger partial charge is 0.298 e. The molecule has 6 nitrogen and oxygen atoms in total. The molecule has 0 saturated carbocycles. The minimum atomic E-state index is -4.37. The minimum Gasteiger partial charge on any atom is -0.492 e. The lowest BCUT2D eigenvalue weighted by Gasteiger charge is -2.12. The monoisotopic (exact) mass is 261 g/mol. The van der Waals surface area contributed by atoms with Crippen LogP contribution < -0.4 is 15.2 Å². The van der Waals surface area contributed by atoms with E-state index in [0.29, 0.717) is 6.61 Å². The van der Waals surface area contributed by atoms with Crippen LogP contribution in [0.4, 0.5) is 5.69 Å². The number of benzene rings is 1. The van der Waals surface area contributed by atoms with Gasteiger partial charge in [-0.3, -0.25) is 4.55 Å². The SMILES string of the molecule is CCOc1cc(S(=O)(=O)O)c(OCC)cc1N. The van der Waals surface area contributed by atoms with Crippen molar-refractivity contribution in [1.29, 1.82) is 0 Å². The van der Waals surface area contributed by atoms with E-state index in [0.717, 1.165) is 6.07 Å². The zero-order valence-corrected chi connectivity index (χ0v) is 10.5. The summed E-state index contributed by atoms with van der Waals surface area (Å²) in [5.74, 6) is 0.208. The first kappa shape index (κ1) is 13.6. The third-order valence-electron chi connectivity index (χ3n) is 1.95. The Balaban J connectivity index is 3.37. The predicted molar refractivity (Wildman–Crippen MR) is 63.0 cm³/mol. The van der Waals surface area contributed by atoms with Crippen molar-refractivity contribution in [3.8, 4) is 11.5 Å². The Bertz CT molecular complexity index is 498. The van der Waals surface area contributed by atoms with Crippen molar-refractivity contribution in [2.45, 2.75) is 18.7 Å². The lowest BCUT2D eigenvalue weighted by atomic mass is 10.3. The van der Waals surface area contributed by atoms with Crippen molar-refractivity contribution in [2.75, 3.05) is 18.9 Å². The van der Waals surface area contributed by atoms with Gasteiger partial charge in [-0.25, -0.2) is 0 Å². The van der Waals surface area contributed by atoms with Crippen molar-refractivity contribution >= 4 is 15.8 Å². The summed E-state index contributed by atoms with van der Waals surface area (Å²) < 4.78 is 41.7. The molecule has 0 aliphatic rings. The van der Waals surface area contributed by atoms with E-state index in [1.807, 2.05) is 0 Å². The van der Waals surface area contributed by atoms with Crippen LogP contribution in [0.2, 0.25) is 0 Å². The number of nitrogen functional groups attached to an aromatic ring is 1. The van der Waals surface area contributed by atoms with Crippen LogP contribution in [0.5, 0.6) is 11.5 Å². The molecule has 7 heteroatoms. The van der Waals surface area contributed by atoms with Crippen LogP contribution in [-0.4, -0.2) is 26.2 Å². The van der Waals surface area contributed by atoms with E-state index in [2.05, 4.69) is 0 Å². The molecule has 0 radical (unpaired) electrons. The molecule has 0 fully saturated rings. The summed E-state index contributed by atoms with van der Waals surface area (Å²) in [6, 6.07) is 2.47. The van der Waals surface area contributed by atoms with Crippen molar-refractivity contribution in [3.05, 3.63) is 12.1 Å². The van der Waals surface area contributed by atoms with E-state index < -0.39 is 10.1 Å². The molecule has 0 bridgehead atoms. The summed E-state index contributed by atoms with van der Waals surface area (Å²) in [5, 5.41) is 0. The lowest BCUT2D eigenvalue weighted by Crippen LogP contribution is -2.06. The molecule has 0 spiro atoms. The maximum atomic E-state index is 11.2. The lowest BCUT2D eigenvalue weighted by molar-refractivity contribution is 0.322. The molecule has 3 N–H and O–H groups in total.